The van der Waals surface area contributed by atoms with Gasteiger partial charge in [-0.25, -0.2) is 4.79 Å². The van der Waals surface area contributed by atoms with Crippen molar-refractivity contribution in [2.45, 2.75) is 31.5 Å². The molecule has 2 atom stereocenters. The number of ketones is 1. The average molecular weight is 457 g/mol. The summed E-state index contributed by atoms with van der Waals surface area (Å²) in [4.78, 5) is 38.2. The average Bonchev–Trinajstić information content (AvgIpc) is 2.88. The highest BCUT2D eigenvalue weighted by molar-refractivity contribution is 5.98. The highest BCUT2D eigenvalue weighted by atomic mass is 16.5. The van der Waals surface area contributed by atoms with Crippen LogP contribution in [0.1, 0.15) is 16.7 Å². The lowest BCUT2D eigenvalue weighted by Crippen LogP contribution is -2.53. The van der Waals surface area contributed by atoms with Gasteiger partial charge in [-0.3, -0.25) is 9.59 Å². The van der Waals surface area contributed by atoms with E-state index in [1.54, 1.807) is 0 Å². The number of amides is 2. The minimum absolute atomic E-state index is 0.0813. The second-order valence-electron chi connectivity index (χ2n) is 7.81. The molecule has 3 rings (SSSR count). The summed E-state index contributed by atoms with van der Waals surface area (Å²) in [6.07, 6.45) is 1.04. The van der Waals surface area contributed by atoms with Crippen LogP contribution in [0.5, 0.6) is 0 Å². The second kappa shape index (κ2) is 12.7. The fourth-order valence-electron chi connectivity index (χ4n) is 3.45. The molecule has 0 saturated carbocycles. The summed E-state index contributed by atoms with van der Waals surface area (Å²) in [7, 11) is 0. The third kappa shape index (κ3) is 7.74. The van der Waals surface area contributed by atoms with Gasteiger partial charge in [-0.2, -0.15) is 0 Å². The molecule has 0 aliphatic rings. The maximum atomic E-state index is 13.2. The third-order valence-corrected chi connectivity index (χ3v) is 5.25. The first-order valence-corrected chi connectivity index (χ1v) is 11.1. The van der Waals surface area contributed by atoms with Gasteiger partial charge in [0.25, 0.3) is 0 Å². The number of ether oxygens (including phenoxy) is 1. The molecule has 0 saturated heterocycles. The SMILES string of the molecule is C=CC(=O)[C@@H](Cc1ccccc1)NC(=O)[C@H](Cc1ccccc1)NC(=O)OCc1ccccc1. The van der Waals surface area contributed by atoms with Gasteiger partial charge < -0.3 is 15.4 Å². The van der Waals surface area contributed by atoms with Crippen molar-refractivity contribution in [1.29, 1.82) is 0 Å². The van der Waals surface area contributed by atoms with Crippen LogP contribution in [0.4, 0.5) is 4.79 Å². The summed E-state index contributed by atoms with van der Waals surface area (Å²) in [6.45, 7) is 3.64. The summed E-state index contributed by atoms with van der Waals surface area (Å²) < 4.78 is 5.30. The van der Waals surface area contributed by atoms with Gasteiger partial charge in [0, 0.05) is 12.8 Å². The normalized spacial score (nSPS) is 12.1. The Kier molecular flexibility index (Phi) is 9.17. The van der Waals surface area contributed by atoms with Crippen molar-refractivity contribution in [2.24, 2.45) is 0 Å². The molecular weight excluding hydrogens is 428 g/mol. The number of rotatable bonds is 11. The quantitative estimate of drug-likeness (QED) is 0.427. The standard InChI is InChI=1S/C28H28N2O4/c1-2-26(31)24(18-21-12-6-3-7-13-21)29-27(32)25(19-22-14-8-4-9-15-22)30-28(33)34-20-23-16-10-5-11-17-23/h2-17,24-25H,1,18-20H2,(H,29,32)(H,30,33)/t24-,25+/m1/s1. The predicted molar refractivity (Wildman–Crippen MR) is 131 cm³/mol. The van der Waals surface area contributed by atoms with E-state index in [9.17, 15) is 14.4 Å². The molecule has 0 bridgehead atoms. The lowest BCUT2D eigenvalue weighted by molar-refractivity contribution is -0.127. The maximum Gasteiger partial charge on any atom is 0.408 e. The first-order chi connectivity index (χ1) is 16.5. The molecule has 3 aromatic rings. The molecule has 3 aromatic carbocycles. The van der Waals surface area contributed by atoms with Gasteiger partial charge in [-0.05, 0) is 22.8 Å². The molecule has 2 N–H and O–H groups in total. The van der Waals surface area contributed by atoms with Gasteiger partial charge in [0.1, 0.15) is 12.6 Å². The topological polar surface area (TPSA) is 84.5 Å². The lowest BCUT2D eigenvalue weighted by atomic mass is 10.0. The Morgan fingerprint density at radius 1 is 0.706 bits per heavy atom. The number of benzene rings is 3. The molecule has 34 heavy (non-hydrogen) atoms. The highest BCUT2D eigenvalue weighted by Gasteiger charge is 2.26. The van der Waals surface area contributed by atoms with E-state index in [0.29, 0.717) is 6.42 Å². The summed E-state index contributed by atoms with van der Waals surface area (Å²) >= 11 is 0. The van der Waals surface area contributed by atoms with Crippen molar-refractivity contribution in [3.05, 3.63) is 120 Å². The minimum Gasteiger partial charge on any atom is -0.445 e. The van der Waals surface area contributed by atoms with E-state index in [-0.39, 0.29) is 18.8 Å². The number of nitrogens with one attached hydrogen (secondary N) is 2. The fourth-order valence-corrected chi connectivity index (χ4v) is 3.45. The van der Waals surface area contributed by atoms with Crippen molar-refractivity contribution in [3.63, 3.8) is 0 Å². The van der Waals surface area contributed by atoms with Gasteiger partial charge in [0.15, 0.2) is 5.78 Å². The Morgan fingerprint density at radius 3 is 1.68 bits per heavy atom. The molecule has 0 aliphatic heterocycles. The Morgan fingerprint density at radius 2 is 1.18 bits per heavy atom. The van der Waals surface area contributed by atoms with Crippen LogP contribution in [0.3, 0.4) is 0 Å². The van der Waals surface area contributed by atoms with Crippen LogP contribution in [0.15, 0.2) is 104 Å². The summed E-state index contributed by atoms with van der Waals surface area (Å²) in [6, 6.07) is 26.3. The van der Waals surface area contributed by atoms with E-state index in [2.05, 4.69) is 17.2 Å². The van der Waals surface area contributed by atoms with Gasteiger partial charge >= 0.3 is 6.09 Å². The predicted octanol–water partition coefficient (Wildman–Crippen LogP) is 4.01. The zero-order valence-electron chi connectivity index (χ0n) is 18.9. The second-order valence-corrected chi connectivity index (χ2v) is 7.81. The van der Waals surface area contributed by atoms with Crippen molar-refractivity contribution in [3.8, 4) is 0 Å². The maximum absolute atomic E-state index is 13.2. The molecule has 0 spiro atoms. The van der Waals surface area contributed by atoms with Crippen LogP contribution < -0.4 is 10.6 Å². The lowest BCUT2D eigenvalue weighted by Gasteiger charge is -2.22. The molecule has 0 aliphatic carbocycles. The van der Waals surface area contributed by atoms with Crippen molar-refractivity contribution >= 4 is 17.8 Å². The highest BCUT2D eigenvalue weighted by Crippen LogP contribution is 2.08. The summed E-state index contributed by atoms with van der Waals surface area (Å²) in [5, 5.41) is 5.44. The fraction of sp³-hybridized carbons (Fsp3) is 0.179. The minimum atomic E-state index is -0.929. The van der Waals surface area contributed by atoms with Crippen molar-refractivity contribution in [1.82, 2.24) is 10.6 Å². The van der Waals surface area contributed by atoms with Crippen LogP contribution in [0.2, 0.25) is 0 Å². The number of alkyl carbamates (subject to hydrolysis) is 1. The van der Waals surface area contributed by atoms with E-state index in [4.69, 9.17) is 4.74 Å². The molecule has 6 heteroatoms. The van der Waals surface area contributed by atoms with E-state index >= 15 is 0 Å². The monoisotopic (exact) mass is 456 g/mol. The number of carbonyl (C=O) groups is 3. The molecule has 0 heterocycles. The van der Waals surface area contributed by atoms with Gasteiger partial charge in [-0.15, -0.1) is 0 Å². The Bertz CT molecular complexity index is 1090. The molecule has 6 nitrogen and oxygen atoms in total. The molecule has 0 aromatic heterocycles. The molecule has 0 fully saturated rings. The number of hydrogen-bond acceptors (Lipinski definition) is 4. The van der Waals surface area contributed by atoms with Crippen LogP contribution >= 0.6 is 0 Å². The van der Waals surface area contributed by atoms with E-state index in [1.807, 2.05) is 91.0 Å². The molecular formula is C28H28N2O4. The first kappa shape index (κ1) is 24.5. The van der Waals surface area contributed by atoms with E-state index < -0.39 is 24.1 Å². The van der Waals surface area contributed by atoms with E-state index in [0.717, 1.165) is 16.7 Å². The van der Waals surface area contributed by atoms with Crippen molar-refractivity contribution < 1.29 is 19.1 Å². The molecule has 2 amide bonds. The molecule has 0 unspecified atom stereocenters. The van der Waals surface area contributed by atoms with Crippen LogP contribution in [0, 0.1) is 0 Å². The molecule has 174 valence electrons. The summed E-state index contributed by atoms with van der Waals surface area (Å²) in [5.41, 5.74) is 2.60. The smallest absolute Gasteiger partial charge is 0.408 e. The Labute approximate surface area is 199 Å². The Balaban J connectivity index is 1.71. The third-order valence-electron chi connectivity index (χ3n) is 5.25. The van der Waals surface area contributed by atoms with Crippen molar-refractivity contribution in [2.75, 3.05) is 0 Å². The number of hydrogen-bond donors (Lipinski definition) is 2. The zero-order valence-corrected chi connectivity index (χ0v) is 18.9. The van der Waals surface area contributed by atoms with Crippen LogP contribution in [-0.4, -0.2) is 29.9 Å². The number of carbonyl (C=O) groups excluding carboxylic acids is 3. The summed E-state index contributed by atoms with van der Waals surface area (Å²) in [5.74, 6) is -0.779. The van der Waals surface area contributed by atoms with Gasteiger partial charge in [-0.1, -0.05) is 97.6 Å². The van der Waals surface area contributed by atoms with Crippen LogP contribution in [0.25, 0.3) is 0 Å². The van der Waals surface area contributed by atoms with E-state index in [1.165, 1.54) is 6.08 Å². The zero-order chi connectivity index (χ0) is 24.2. The largest absolute Gasteiger partial charge is 0.445 e. The van der Waals surface area contributed by atoms with Gasteiger partial charge in [0.05, 0.1) is 6.04 Å². The van der Waals surface area contributed by atoms with Gasteiger partial charge in [0.2, 0.25) is 5.91 Å². The van der Waals surface area contributed by atoms with Crippen LogP contribution in [-0.2, 0) is 33.8 Å². The Hall–Kier alpha value is -4.19. The molecule has 0 radical (unpaired) electrons. The first-order valence-electron chi connectivity index (χ1n) is 11.1.